The first kappa shape index (κ1) is 27.6. The van der Waals surface area contributed by atoms with Gasteiger partial charge in [0.2, 0.25) is 17.7 Å². The summed E-state index contributed by atoms with van der Waals surface area (Å²) in [7, 11) is 1.86. The molecular formula is C20H40N6O4. The fourth-order valence-corrected chi connectivity index (χ4v) is 2.80. The minimum absolute atomic E-state index is 0.0844. The SMILES string of the molecule is CNCCCCC(=O)N[C@H](C(=O)N[C@@H](CCCNC(N)=O)C(=O)NC(C)C)C(C)C. The molecule has 0 bridgehead atoms. The summed E-state index contributed by atoms with van der Waals surface area (Å²) >= 11 is 0. The lowest BCUT2D eigenvalue weighted by Crippen LogP contribution is -2.56. The topological polar surface area (TPSA) is 154 Å². The van der Waals surface area contributed by atoms with Crippen LogP contribution in [0.5, 0.6) is 0 Å². The summed E-state index contributed by atoms with van der Waals surface area (Å²) in [4.78, 5) is 48.4. The van der Waals surface area contributed by atoms with E-state index >= 15 is 0 Å². The Morgan fingerprint density at radius 3 is 2.03 bits per heavy atom. The number of carbonyl (C=O) groups excluding carboxylic acids is 4. The molecule has 30 heavy (non-hydrogen) atoms. The molecule has 0 aromatic heterocycles. The summed E-state index contributed by atoms with van der Waals surface area (Å²) in [6.07, 6.45) is 2.73. The van der Waals surface area contributed by atoms with E-state index in [1.165, 1.54) is 0 Å². The number of nitrogens with two attached hydrogens (primary N) is 1. The van der Waals surface area contributed by atoms with Crippen molar-refractivity contribution in [3.05, 3.63) is 0 Å². The molecule has 7 N–H and O–H groups in total. The summed E-state index contributed by atoms with van der Waals surface area (Å²) < 4.78 is 0. The highest BCUT2D eigenvalue weighted by Gasteiger charge is 2.28. The van der Waals surface area contributed by atoms with Crippen LogP contribution in [-0.2, 0) is 14.4 Å². The molecule has 0 heterocycles. The largest absolute Gasteiger partial charge is 0.352 e. The summed E-state index contributed by atoms with van der Waals surface area (Å²) in [5.74, 6) is -1.04. The normalized spacial score (nSPS) is 12.9. The van der Waals surface area contributed by atoms with Gasteiger partial charge in [-0.2, -0.15) is 0 Å². The highest BCUT2D eigenvalue weighted by atomic mass is 16.2. The first-order valence-corrected chi connectivity index (χ1v) is 10.7. The van der Waals surface area contributed by atoms with Crippen LogP contribution in [0.25, 0.3) is 0 Å². The fourth-order valence-electron chi connectivity index (χ4n) is 2.80. The number of hydrogen-bond donors (Lipinski definition) is 6. The molecule has 0 radical (unpaired) electrons. The Labute approximate surface area is 179 Å². The van der Waals surface area contributed by atoms with Crippen molar-refractivity contribution in [2.24, 2.45) is 11.7 Å². The van der Waals surface area contributed by atoms with Gasteiger partial charge in [-0.05, 0) is 59.0 Å². The smallest absolute Gasteiger partial charge is 0.312 e. The van der Waals surface area contributed by atoms with Crippen LogP contribution in [0.4, 0.5) is 4.79 Å². The van der Waals surface area contributed by atoms with Crippen molar-refractivity contribution in [2.75, 3.05) is 20.1 Å². The van der Waals surface area contributed by atoms with Crippen LogP contribution in [0.2, 0.25) is 0 Å². The van der Waals surface area contributed by atoms with Crippen molar-refractivity contribution in [2.45, 2.75) is 77.9 Å². The zero-order chi connectivity index (χ0) is 23.1. The van der Waals surface area contributed by atoms with E-state index in [2.05, 4.69) is 26.6 Å². The maximum absolute atomic E-state index is 12.8. The van der Waals surface area contributed by atoms with E-state index in [1.807, 2.05) is 34.7 Å². The predicted molar refractivity (Wildman–Crippen MR) is 117 cm³/mol. The Morgan fingerprint density at radius 1 is 0.833 bits per heavy atom. The summed E-state index contributed by atoms with van der Waals surface area (Å²) in [5, 5.41) is 13.8. The van der Waals surface area contributed by atoms with Crippen molar-refractivity contribution >= 4 is 23.8 Å². The maximum Gasteiger partial charge on any atom is 0.312 e. The van der Waals surface area contributed by atoms with Crippen LogP contribution >= 0.6 is 0 Å². The molecule has 2 atom stereocenters. The monoisotopic (exact) mass is 428 g/mol. The lowest BCUT2D eigenvalue weighted by molar-refractivity contribution is -0.133. The highest BCUT2D eigenvalue weighted by Crippen LogP contribution is 2.06. The average Bonchev–Trinajstić information content (AvgIpc) is 2.64. The van der Waals surface area contributed by atoms with Gasteiger partial charge >= 0.3 is 6.03 Å². The number of rotatable bonds is 15. The fraction of sp³-hybridized carbons (Fsp3) is 0.800. The Kier molecular flexibility index (Phi) is 14.3. The van der Waals surface area contributed by atoms with Crippen molar-refractivity contribution in [1.82, 2.24) is 26.6 Å². The predicted octanol–water partition coefficient (Wildman–Crippen LogP) is -0.0252. The first-order valence-electron chi connectivity index (χ1n) is 10.7. The number of carbonyl (C=O) groups is 4. The van der Waals surface area contributed by atoms with E-state index in [9.17, 15) is 19.2 Å². The van der Waals surface area contributed by atoms with E-state index in [-0.39, 0.29) is 23.8 Å². The molecule has 5 amide bonds. The molecule has 0 saturated heterocycles. The molecule has 0 unspecified atom stereocenters. The van der Waals surface area contributed by atoms with Gasteiger partial charge in [0.25, 0.3) is 0 Å². The molecule has 0 aromatic rings. The van der Waals surface area contributed by atoms with Crippen LogP contribution in [0.1, 0.15) is 59.8 Å². The van der Waals surface area contributed by atoms with Gasteiger partial charge in [-0.3, -0.25) is 14.4 Å². The lowest BCUT2D eigenvalue weighted by Gasteiger charge is -2.26. The van der Waals surface area contributed by atoms with E-state index in [0.29, 0.717) is 25.8 Å². The molecule has 0 spiro atoms. The number of hydrogen-bond acceptors (Lipinski definition) is 5. The zero-order valence-corrected chi connectivity index (χ0v) is 19.0. The third-order valence-corrected chi connectivity index (χ3v) is 4.38. The number of primary amides is 1. The standard InChI is InChI=1S/C20H40N6O4/c1-13(2)17(26-16(27)10-6-7-11-22-5)19(29)25-15(18(28)24-14(3)4)9-8-12-23-20(21)30/h13-15,17,22H,6-12H2,1-5H3,(H,24,28)(H,25,29)(H,26,27)(H3,21,23,30)/t15-,17-/m0/s1. The van der Waals surface area contributed by atoms with Gasteiger partial charge in [0, 0.05) is 19.0 Å². The average molecular weight is 429 g/mol. The molecule has 0 aliphatic rings. The minimum Gasteiger partial charge on any atom is -0.352 e. The second kappa shape index (κ2) is 15.5. The molecule has 0 aliphatic heterocycles. The Morgan fingerprint density at radius 2 is 1.50 bits per heavy atom. The zero-order valence-electron chi connectivity index (χ0n) is 19.0. The van der Waals surface area contributed by atoms with Gasteiger partial charge in [0.05, 0.1) is 0 Å². The van der Waals surface area contributed by atoms with Crippen LogP contribution in [-0.4, -0.2) is 62.0 Å². The Bertz CT molecular complexity index is 553. The van der Waals surface area contributed by atoms with Crippen molar-refractivity contribution in [3.63, 3.8) is 0 Å². The van der Waals surface area contributed by atoms with Gasteiger partial charge in [0.1, 0.15) is 12.1 Å². The molecule has 10 nitrogen and oxygen atoms in total. The summed E-state index contributed by atoms with van der Waals surface area (Å²) in [5.41, 5.74) is 5.04. The van der Waals surface area contributed by atoms with Gasteiger partial charge in [-0.1, -0.05) is 13.8 Å². The number of amides is 5. The molecule has 0 saturated carbocycles. The number of urea groups is 1. The number of nitrogens with one attached hydrogen (secondary N) is 5. The first-order chi connectivity index (χ1) is 14.1. The third kappa shape index (κ3) is 13.0. The second-order valence-corrected chi connectivity index (χ2v) is 8.01. The van der Waals surface area contributed by atoms with Gasteiger partial charge in [0.15, 0.2) is 0 Å². The van der Waals surface area contributed by atoms with E-state index in [1.54, 1.807) is 0 Å². The Hall–Kier alpha value is -2.36. The molecule has 174 valence electrons. The lowest BCUT2D eigenvalue weighted by atomic mass is 10.0. The quantitative estimate of drug-likeness (QED) is 0.202. The van der Waals surface area contributed by atoms with Crippen molar-refractivity contribution in [1.29, 1.82) is 0 Å². The minimum atomic E-state index is -0.775. The molecular weight excluding hydrogens is 388 g/mol. The van der Waals surface area contributed by atoms with E-state index in [0.717, 1.165) is 19.4 Å². The van der Waals surface area contributed by atoms with E-state index in [4.69, 9.17) is 5.73 Å². The van der Waals surface area contributed by atoms with Crippen molar-refractivity contribution < 1.29 is 19.2 Å². The van der Waals surface area contributed by atoms with Crippen LogP contribution < -0.4 is 32.3 Å². The van der Waals surface area contributed by atoms with Gasteiger partial charge in [-0.25, -0.2) is 4.79 Å². The molecule has 10 heteroatoms. The van der Waals surface area contributed by atoms with Crippen LogP contribution in [0.3, 0.4) is 0 Å². The molecule has 0 aromatic carbocycles. The van der Waals surface area contributed by atoms with Crippen LogP contribution in [0.15, 0.2) is 0 Å². The van der Waals surface area contributed by atoms with Crippen molar-refractivity contribution in [3.8, 4) is 0 Å². The third-order valence-electron chi connectivity index (χ3n) is 4.38. The van der Waals surface area contributed by atoms with Crippen LogP contribution in [0, 0.1) is 5.92 Å². The molecule has 0 aliphatic carbocycles. The highest BCUT2D eigenvalue weighted by molar-refractivity contribution is 5.92. The second-order valence-electron chi connectivity index (χ2n) is 8.01. The molecule has 0 fully saturated rings. The van der Waals surface area contributed by atoms with E-state index < -0.39 is 24.0 Å². The molecule has 0 rings (SSSR count). The van der Waals surface area contributed by atoms with Gasteiger partial charge < -0.3 is 32.3 Å². The summed E-state index contributed by atoms with van der Waals surface area (Å²) in [6.45, 7) is 8.47. The van der Waals surface area contributed by atoms with Gasteiger partial charge in [-0.15, -0.1) is 0 Å². The maximum atomic E-state index is 12.8. The number of unbranched alkanes of at least 4 members (excludes halogenated alkanes) is 1. The Balaban J connectivity index is 4.93. The summed E-state index contributed by atoms with van der Waals surface area (Å²) in [6, 6.07) is -2.23.